The molecule has 1 unspecified atom stereocenters. The van der Waals surface area contributed by atoms with Crippen molar-refractivity contribution in [1.82, 2.24) is 15.5 Å². The molecule has 0 saturated heterocycles. The van der Waals surface area contributed by atoms with Crippen LogP contribution in [0.1, 0.15) is 18.0 Å². The van der Waals surface area contributed by atoms with Crippen molar-refractivity contribution in [1.29, 1.82) is 0 Å². The van der Waals surface area contributed by atoms with E-state index in [-0.39, 0.29) is 35.1 Å². The SMILES string of the molecule is COc1cccc(-c2cc([C@H](CC(=O)O)NC(=O)NC3C(=O)C=CN(C)C3=O)ccc2F)c1.[NaH]. The normalized spacial score (nSPS) is 15.9. The number of nitrogens with zero attached hydrogens (tertiary/aromatic N) is 1. The van der Waals surface area contributed by atoms with Gasteiger partial charge < -0.3 is 25.4 Å². The van der Waals surface area contributed by atoms with Crippen LogP contribution in [0.15, 0.2) is 54.7 Å². The van der Waals surface area contributed by atoms with Crippen molar-refractivity contribution >= 4 is 53.2 Å². The molecule has 174 valence electrons. The number of nitrogens with one attached hydrogen (secondary N) is 2. The number of aliphatic carboxylic acids is 1. The molecule has 3 N–H and O–H groups in total. The monoisotopic (exact) mass is 479 g/mol. The molecule has 0 spiro atoms. The molecule has 11 heteroatoms. The summed E-state index contributed by atoms with van der Waals surface area (Å²) in [5, 5.41) is 14.1. The summed E-state index contributed by atoms with van der Waals surface area (Å²) in [7, 11) is 2.91. The van der Waals surface area contributed by atoms with Gasteiger partial charge in [-0.25, -0.2) is 9.18 Å². The first-order valence-electron chi connectivity index (χ1n) is 9.91. The van der Waals surface area contributed by atoms with Gasteiger partial charge in [-0.15, -0.1) is 0 Å². The molecule has 2 aromatic carbocycles. The van der Waals surface area contributed by atoms with Gasteiger partial charge in [0.2, 0.25) is 0 Å². The number of ether oxygens (including phenoxy) is 1. The zero-order valence-electron chi connectivity index (χ0n) is 17.9. The van der Waals surface area contributed by atoms with Gasteiger partial charge in [0.25, 0.3) is 5.91 Å². The van der Waals surface area contributed by atoms with Gasteiger partial charge in [-0.2, -0.15) is 0 Å². The van der Waals surface area contributed by atoms with Crippen LogP contribution in [0.2, 0.25) is 0 Å². The Labute approximate surface area is 217 Å². The van der Waals surface area contributed by atoms with Crippen LogP contribution < -0.4 is 15.4 Å². The maximum atomic E-state index is 14.6. The zero-order valence-corrected chi connectivity index (χ0v) is 17.9. The summed E-state index contributed by atoms with van der Waals surface area (Å²) < 4.78 is 19.7. The summed E-state index contributed by atoms with van der Waals surface area (Å²) in [5.41, 5.74) is 1.01. The summed E-state index contributed by atoms with van der Waals surface area (Å²) >= 11 is 0. The molecule has 9 nitrogen and oxygen atoms in total. The Balaban J connectivity index is 0.00000408. The number of carboxylic acids is 1. The predicted molar refractivity (Wildman–Crippen MR) is 123 cm³/mol. The average Bonchev–Trinajstić information content (AvgIpc) is 2.79. The Morgan fingerprint density at radius 3 is 2.62 bits per heavy atom. The Morgan fingerprint density at radius 2 is 1.94 bits per heavy atom. The number of carbonyl (C=O) groups excluding carboxylic acids is 3. The topological polar surface area (TPSA) is 125 Å². The van der Waals surface area contributed by atoms with Gasteiger partial charge in [-0.1, -0.05) is 18.2 Å². The summed E-state index contributed by atoms with van der Waals surface area (Å²) in [5.74, 6) is -2.48. The molecule has 0 aromatic heterocycles. The number of hydrogen-bond donors (Lipinski definition) is 3. The molecule has 1 heterocycles. The van der Waals surface area contributed by atoms with E-state index in [4.69, 9.17) is 4.74 Å². The second kappa shape index (κ2) is 11.8. The Morgan fingerprint density at radius 1 is 1.21 bits per heavy atom. The number of carboxylic acid groups (broad SMARTS) is 1. The molecular formula is C23H23FN3NaO6. The van der Waals surface area contributed by atoms with Crippen LogP contribution >= 0.6 is 0 Å². The van der Waals surface area contributed by atoms with E-state index < -0.39 is 48.0 Å². The number of hydrogen-bond acceptors (Lipinski definition) is 5. The molecule has 0 radical (unpaired) electrons. The minimum atomic E-state index is -1.42. The van der Waals surface area contributed by atoms with E-state index in [2.05, 4.69) is 10.6 Å². The molecule has 0 bridgehead atoms. The number of benzene rings is 2. The molecule has 0 aliphatic carbocycles. The molecular weight excluding hydrogens is 456 g/mol. The number of amides is 3. The summed E-state index contributed by atoms with van der Waals surface area (Å²) in [4.78, 5) is 49.3. The fourth-order valence-electron chi connectivity index (χ4n) is 3.34. The third-order valence-corrected chi connectivity index (χ3v) is 5.07. The van der Waals surface area contributed by atoms with Crippen molar-refractivity contribution in [3.05, 3.63) is 66.1 Å². The van der Waals surface area contributed by atoms with Gasteiger partial charge in [0, 0.05) is 24.9 Å². The molecule has 3 rings (SSSR count). The number of halogens is 1. The Kier molecular flexibility index (Phi) is 9.36. The van der Waals surface area contributed by atoms with Crippen molar-refractivity contribution in [2.45, 2.75) is 18.5 Å². The first-order chi connectivity index (χ1) is 15.7. The van der Waals surface area contributed by atoms with Crippen molar-refractivity contribution in [3.63, 3.8) is 0 Å². The summed E-state index contributed by atoms with van der Waals surface area (Å²) in [6.07, 6.45) is 1.93. The molecule has 1 aliphatic heterocycles. The molecule has 1 aliphatic rings. The molecule has 34 heavy (non-hydrogen) atoms. The molecule has 2 aromatic rings. The van der Waals surface area contributed by atoms with Crippen LogP contribution in [0.3, 0.4) is 0 Å². The predicted octanol–water partition coefficient (Wildman–Crippen LogP) is 1.59. The van der Waals surface area contributed by atoms with Crippen LogP contribution in [0.4, 0.5) is 9.18 Å². The van der Waals surface area contributed by atoms with Crippen LogP contribution in [0, 0.1) is 5.82 Å². The number of carbonyl (C=O) groups is 4. The molecule has 0 fully saturated rings. The third-order valence-electron chi connectivity index (χ3n) is 5.07. The molecule has 2 atom stereocenters. The molecule has 3 amide bonds. The average molecular weight is 479 g/mol. The first kappa shape index (κ1) is 27.0. The van der Waals surface area contributed by atoms with Gasteiger partial charge in [-0.05, 0) is 35.4 Å². The van der Waals surface area contributed by atoms with Crippen LogP contribution in [-0.4, -0.2) is 83.5 Å². The van der Waals surface area contributed by atoms with Crippen molar-refractivity contribution in [2.24, 2.45) is 0 Å². The van der Waals surface area contributed by atoms with E-state index in [0.717, 1.165) is 11.0 Å². The van der Waals surface area contributed by atoms with Gasteiger partial charge in [-0.3, -0.25) is 14.4 Å². The number of methoxy groups -OCH3 is 1. The Bertz CT molecular complexity index is 1140. The summed E-state index contributed by atoms with van der Waals surface area (Å²) in [6, 6.07) is 7.25. The van der Waals surface area contributed by atoms with Crippen LogP contribution in [0.25, 0.3) is 11.1 Å². The van der Waals surface area contributed by atoms with E-state index in [1.54, 1.807) is 24.3 Å². The maximum absolute atomic E-state index is 14.6. The van der Waals surface area contributed by atoms with Gasteiger partial charge in [0.05, 0.1) is 19.6 Å². The minimum absolute atomic E-state index is 0. The van der Waals surface area contributed by atoms with E-state index >= 15 is 0 Å². The van der Waals surface area contributed by atoms with Crippen molar-refractivity contribution in [3.8, 4) is 16.9 Å². The third kappa shape index (κ3) is 6.43. The van der Waals surface area contributed by atoms with Crippen molar-refractivity contribution in [2.75, 3.05) is 14.2 Å². The van der Waals surface area contributed by atoms with Gasteiger partial charge >= 0.3 is 41.6 Å². The fourth-order valence-corrected chi connectivity index (χ4v) is 3.34. The number of ketones is 1. The second-order valence-electron chi connectivity index (χ2n) is 7.34. The van der Waals surface area contributed by atoms with Crippen LogP contribution in [-0.2, 0) is 14.4 Å². The van der Waals surface area contributed by atoms with E-state index in [0.29, 0.717) is 16.9 Å². The van der Waals surface area contributed by atoms with E-state index in [1.807, 2.05) is 0 Å². The quantitative estimate of drug-likeness (QED) is 0.409. The second-order valence-corrected chi connectivity index (χ2v) is 7.34. The van der Waals surface area contributed by atoms with Crippen LogP contribution in [0.5, 0.6) is 5.75 Å². The summed E-state index contributed by atoms with van der Waals surface area (Å²) in [6.45, 7) is 0. The molecule has 0 saturated carbocycles. The zero-order chi connectivity index (χ0) is 24.1. The van der Waals surface area contributed by atoms with E-state index in [9.17, 15) is 28.7 Å². The number of rotatable bonds is 7. The van der Waals surface area contributed by atoms with Gasteiger partial charge in [0.15, 0.2) is 11.8 Å². The van der Waals surface area contributed by atoms with Gasteiger partial charge in [0.1, 0.15) is 11.6 Å². The Hall–Kier alpha value is -3.21. The van der Waals surface area contributed by atoms with E-state index in [1.165, 1.54) is 38.6 Å². The van der Waals surface area contributed by atoms with Crippen molar-refractivity contribution < 1.29 is 33.4 Å². The first-order valence-corrected chi connectivity index (χ1v) is 9.91. The standard InChI is InChI=1S/C23H22FN3O6.Na.H/c1-27-9-8-19(28)21(22(27)31)26-23(32)25-18(12-20(29)30)14-6-7-17(24)16(11-14)13-4-3-5-15(10-13)33-2;;/h3-11,18,21H,12H2,1-2H3,(H,29,30)(H2,25,26,32);;/t18-,21?;;/m0../s1. The number of urea groups is 1. The fraction of sp³-hybridized carbons (Fsp3) is 0.217. The number of likely N-dealkylation sites (N-methyl/N-ethyl adjacent to an activating group) is 1.